The summed E-state index contributed by atoms with van der Waals surface area (Å²) in [7, 11) is 0. The first-order chi connectivity index (χ1) is 21.3. The molecule has 0 saturated carbocycles. The van der Waals surface area contributed by atoms with Crippen molar-refractivity contribution in [3.05, 3.63) is 144 Å². The van der Waals surface area contributed by atoms with Crippen molar-refractivity contribution in [3.8, 4) is 11.5 Å². The Labute approximate surface area is 254 Å². The van der Waals surface area contributed by atoms with E-state index in [1.807, 2.05) is 36.4 Å². The van der Waals surface area contributed by atoms with Crippen LogP contribution in [-0.2, 0) is 29.3 Å². The Bertz CT molecular complexity index is 1560. The summed E-state index contributed by atoms with van der Waals surface area (Å²) >= 11 is 0. The van der Waals surface area contributed by atoms with Gasteiger partial charge in [-0.1, -0.05) is 97.1 Å². The van der Waals surface area contributed by atoms with Crippen LogP contribution in [0.1, 0.15) is 34.6 Å². The third kappa shape index (κ3) is 8.02. The van der Waals surface area contributed by atoms with E-state index in [2.05, 4.69) is 90.2 Å². The van der Waals surface area contributed by atoms with Gasteiger partial charge in [-0.05, 0) is 64.9 Å². The van der Waals surface area contributed by atoms with Crippen LogP contribution in [0.2, 0.25) is 0 Å². The van der Waals surface area contributed by atoms with Crippen molar-refractivity contribution in [2.24, 2.45) is 0 Å². The maximum atomic E-state index is 6.60. The van der Waals surface area contributed by atoms with Gasteiger partial charge in [0, 0.05) is 17.8 Å². The average Bonchev–Trinajstić information content (AvgIpc) is 3.07. The number of rotatable bonds is 13. The topological polar surface area (TPSA) is 49.0 Å². The van der Waals surface area contributed by atoms with Gasteiger partial charge >= 0.3 is 0 Å². The molecule has 5 nitrogen and oxygen atoms in total. The summed E-state index contributed by atoms with van der Waals surface area (Å²) in [6, 6.07) is 41.7. The van der Waals surface area contributed by atoms with Gasteiger partial charge in [0.1, 0.15) is 24.7 Å². The minimum Gasteiger partial charge on any atom is -0.491 e. The molecule has 0 spiro atoms. The molecule has 43 heavy (non-hydrogen) atoms. The zero-order valence-corrected chi connectivity index (χ0v) is 24.5. The predicted molar refractivity (Wildman–Crippen MR) is 172 cm³/mol. The number of nitrogens with one attached hydrogen (secondary N) is 1. The lowest BCUT2D eigenvalue weighted by Gasteiger charge is -2.32. The Morgan fingerprint density at radius 1 is 0.628 bits per heavy atom. The van der Waals surface area contributed by atoms with Gasteiger partial charge in [0.25, 0.3) is 0 Å². The van der Waals surface area contributed by atoms with E-state index in [-0.39, 0.29) is 6.10 Å². The summed E-state index contributed by atoms with van der Waals surface area (Å²) in [6.45, 7) is 4.54. The van der Waals surface area contributed by atoms with Crippen LogP contribution in [0, 0.1) is 0 Å². The molecule has 2 atom stereocenters. The molecule has 2 unspecified atom stereocenters. The SMILES string of the molecule is c1ccc(COCCOc2ccc(C3CCNCC3OCc3cc(OCc4ccccc4)c4ccccc4c3)cc2)cc1. The number of hydrogen-bond acceptors (Lipinski definition) is 5. The number of hydrogen-bond donors (Lipinski definition) is 1. The number of ether oxygens (including phenoxy) is 4. The molecule has 1 N–H and O–H groups in total. The molecule has 1 saturated heterocycles. The Kier molecular flexibility index (Phi) is 9.98. The van der Waals surface area contributed by atoms with Crippen LogP contribution in [-0.4, -0.2) is 32.4 Å². The normalized spacial score (nSPS) is 16.7. The molecule has 220 valence electrons. The molecule has 1 aliphatic rings. The fourth-order valence-electron chi connectivity index (χ4n) is 5.66. The highest BCUT2D eigenvalue weighted by molar-refractivity contribution is 5.89. The van der Waals surface area contributed by atoms with Crippen LogP contribution in [0.15, 0.2) is 121 Å². The van der Waals surface area contributed by atoms with Crippen molar-refractivity contribution in [1.82, 2.24) is 5.32 Å². The lowest BCUT2D eigenvalue weighted by molar-refractivity contribution is 0.0106. The molecule has 5 aromatic carbocycles. The van der Waals surface area contributed by atoms with Gasteiger partial charge < -0.3 is 24.3 Å². The van der Waals surface area contributed by atoms with Crippen molar-refractivity contribution in [2.45, 2.75) is 38.3 Å². The fraction of sp³-hybridized carbons (Fsp3) is 0.263. The monoisotopic (exact) mass is 573 g/mol. The molecule has 1 heterocycles. The molecule has 0 bridgehead atoms. The van der Waals surface area contributed by atoms with Crippen molar-refractivity contribution >= 4 is 10.8 Å². The van der Waals surface area contributed by atoms with E-state index in [0.717, 1.165) is 52.9 Å². The van der Waals surface area contributed by atoms with Gasteiger partial charge in [-0.25, -0.2) is 0 Å². The summed E-state index contributed by atoms with van der Waals surface area (Å²) in [4.78, 5) is 0. The second kappa shape index (κ2) is 14.8. The second-order valence-electron chi connectivity index (χ2n) is 11.0. The van der Waals surface area contributed by atoms with Gasteiger partial charge in [0.15, 0.2) is 0 Å². The Hall–Kier alpha value is -4.16. The molecule has 1 aliphatic heterocycles. The highest BCUT2D eigenvalue weighted by Gasteiger charge is 2.27. The smallest absolute Gasteiger partial charge is 0.127 e. The molecule has 6 rings (SSSR count). The first kappa shape index (κ1) is 28.9. The van der Waals surface area contributed by atoms with Crippen LogP contribution >= 0.6 is 0 Å². The summed E-state index contributed by atoms with van der Waals surface area (Å²) in [5.41, 5.74) is 4.72. The first-order valence-electron chi connectivity index (χ1n) is 15.2. The summed E-state index contributed by atoms with van der Waals surface area (Å²) < 4.78 is 24.6. The largest absolute Gasteiger partial charge is 0.491 e. The van der Waals surface area contributed by atoms with Crippen LogP contribution < -0.4 is 14.8 Å². The lowest BCUT2D eigenvalue weighted by Crippen LogP contribution is -2.40. The summed E-state index contributed by atoms with van der Waals surface area (Å²) in [6.07, 6.45) is 1.11. The second-order valence-corrected chi connectivity index (χ2v) is 11.0. The molecule has 0 aromatic heterocycles. The molecule has 0 amide bonds. The van der Waals surface area contributed by atoms with E-state index in [1.165, 1.54) is 11.1 Å². The van der Waals surface area contributed by atoms with Gasteiger partial charge in [-0.2, -0.15) is 0 Å². The zero-order chi connectivity index (χ0) is 29.1. The highest BCUT2D eigenvalue weighted by atomic mass is 16.5. The Balaban J connectivity index is 1.05. The summed E-state index contributed by atoms with van der Waals surface area (Å²) in [5.74, 6) is 2.07. The van der Waals surface area contributed by atoms with E-state index in [1.54, 1.807) is 0 Å². The van der Waals surface area contributed by atoms with E-state index < -0.39 is 0 Å². The zero-order valence-electron chi connectivity index (χ0n) is 24.5. The average molecular weight is 574 g/mol. The highest BCUT2D eigenvalue weighted by Crippen LogP contribution is 2.32. The number of fused-ring (bicyclic) bond motifs is 1. The Morgan fingerprint density at radius 3 is 2.14 bits per heavy atom. The van der Waals surface area contributed by atoms with E-state index in [4.69, 9.17) is 18.9 Å². The minimum absolute atomic E-state index is 0.0760. The van der Waals surface area contributed by atoms with Crippen LogP contribution in [0.3, 0.4) is 0 Å². The lowest BCUT2D eigenvalue weighted by atomic mass is 9.87. The van der Waals surface area contributed by atoms with Crippen molar-refractivity contribution in [2.75, 3.05) is 26.3 Å². The standard InChI is InChI=1S/C38H39NO4/c1-3-9-29(10-4-1)26-40-21-22-41-34-17-15-32(16-18-34)36-19-20-39-25-38(36)43-28-31-23-33-13-7-8-14-35(33)37(24-31)42-27-30-11-5-2-6-12-30/h1-18,23-24,36,38-39H,19-22,25-28H2. The van der Waals surface area contributed by atoms with Gasteiger partial charge in [-0.15, -0.1) is 0 Å². The van der Waals surface area contributed by atoms with Gasteiger partial charge in [-0.3, -0.25) is 0 Å². The van der Waals surface area contributed by atoms with Gasteiger partial charge in [0.2, 0.25) is 0 Å². The molecule has 5 heteroatoms. The van der Waals surface area contributed by atoms with Crippen LogP contribution in [0.5, 0.6) is 11.5 Å². The van der Waals surface area contributed by atoms with Crippen LogP contribution in [0.4, 0.5) is 0 Å². The summed E-state index contributed by atoms with van der Waals surface area (Å²) in [5, 5.41) is 5.80. The van der Waals surface area contributed by atoms with Crippen molar-refractivity contribution in [3.63, 3.8) is 0 Å². The molecule has 5 aromatic rings. The Morgan fingerprint density at radius 2 is 1.35 bits per heavy atom. The maximum absolute atomic E-state index is 6.60. The minimum atomic E-state index is 0.0760. The van der Waals surface area contributed by atoms with E-state index in [0.29, 0.717) is 39.0 Å². The molecule has 0 aliphatic carbocycles. The van der Waals surface area contributed by atoms with Crippen molar-refractivity contribution in [1.29, 1.82) is 0 Å². The van der Waals surface area contributed by atoms with E-state index >= 15 is 0 Å². The molecule has 0 radical (unpaired) electrons. The number of benzene rings is 5. The molecule has 1 fully saturated rings. The third-order valence-corrected chi connectivity index (χ3v) is 7.93. The van der Waals surface area contributed by atoms with Crippen LogP contribution in [0.25, 0.3) is 10.8 Å². The fourth-order valence-corrected chi connectivity index (χ4v) is 5.66. The molecular weight excluding hydrogens is 534 g/mol. The van der Waals surface area contributed by atoms with Crippen molar-refractivity contribution < 1.29 is 18.9 Å². The van der Waals surface area contributed by atoms with Gasteiger partial charge in [0.05, 0.1) is 25.9 Å². The third-order valence-electron chi connectivity index (χ3n) is 7.93. The molecular formula is C38H39NO4. The maximum Gasteiger partial charge on any atom is 0.127 e. The quantitative estimate of drug-likeness (QED) is 0.147. The predicted octanol–water partition coefficient (Wildman–Crippen LogP) is 7.68. The van der Waals surface area contributed by atoms with E-state index in [9.17, 15) is 0 Å². The first-order valence-corrected chi connectivity index (χ1v) is 15.2. The number of piperidine rings is 1.